The van der Waals surface area contributed by atoms with E-state index < -0.39 is 12.0 Å². The minimum Gasteiger partial charge on any atom is -0.492 e. The summed E-state index contributed by atoms with van der Waals surface area (Å²) in [6.45, 7) is 8.13. The minimum atomic E-state index is -0.689. The average Bonchev–Trinajstić information content (AvgIpc) is 2.85. The normalized spacial score (nSPS) is 18.7. The minimum absolute atomic E-state index is 0.233. The molecule has 0 aliphatic carbocycles. The zero-order valence-electron chi connectivity index (χ0n) is 20.1. The Morgan fingerprint density at radius 2 is 1.74 bits per heavy atom. The predicted octanol–water partition coefficient (Wildman–Crippen LogP) is 3.73. The lowest BCUT2D eigenvalue weighted by Gasteiger charge is -2.38. The molecule has 1 atom stereocenters. The third-order valence-electron chi connectivity index (χ3n) is 6.13. The molecule has 0 bridgehead atoms. The lowest BCUT2D eigenvalue weighted by atomic mass is 9.94. The van der Waals surface area contributed by atoms with Gasteiger partial charge in [0, 0.05) is 43.4 Å². The maximum atomic E-state index is 13.0. The number of nitrogens with one attached hydrogen (secondary N) is 2. The fraction of sp³-hybridized carbons (Fsp3) is 0.385. The number of carbonyl (C=O) groups excluding carboxylic acids is 2. The number of benzene rings is 2. The molecule has 2 amide bonds. The summed E-state index contributed by atoms with van der Waals surface area (Å²) in [5.74, 6) is 0.410. The van der Waals surface area contributed by atoms with Crippen LogP contribution in [0.4, 0.5) is 10.5 Å². The van der Waals surface area contributed by atoms with Crippen LogP contribution in [-0.2, 0) is 9.53 Å². The summed E-state index contributed by atoms with van der Waals surface area (Å²) in [5, 5.41) is 6.17. The molecule has 35 heavy (non-hydrogen) atoms. The lowest BCUT2D eigenvalue weighted by Crippen LogP contribution is -2.52. The Balaban J connectivity index is 1.55. The number of ether oxygens (including phenoxy) is 2. The van der Waals surface area contributed by atoms with Gasteiger partial charge in [-0.3, -0.25) is 4.90 Å². The van der Waals surface area contributed by atoms with Gasteiger partial charge in [-0.05, 0) is 37.6 Å². The van der Waals surface area contributed by atoms with Gasteiger partial charge >= 0.3 is 12.0 Å². The fourth-order valence-electron chi connectivity index (χ4n) is 4.50. The third kappa shape index (κ3) is 5.71. The summed E-state index contributed by atoms with van der Waals surface area (Å²) >= 11 is 6.43. The first kappa shape index (κ1) is 24.9. The van der Waals surface area contributed by atoms with E-state index in [1.54, 1.807) is 13.0 Å². The summed E-state index contributed by atoms with van der Waals surface area (Å²) in [7, 11) is 0. The van der Waals surface area contributed by atoms with Crippen molar-refractivity contribution in [2.24, 2.45) is 0 Å². The molecule has 0 saturated carbocycles. The molecule has 9 heteroatoms. The third-order valence-corrected chi connectivity index (χ3v) is 6.47. The van der Waals surface area contributed by atoms with Crippen LogP contribution in [-0.4, -0.2) is 62.8 Å². The molecule has 2 heterocycles. The van der Waals surface area contributed by atoms with E-state index in [0.717, 1.165) is 37.6 Å². The second kappa shape index (κ2) is 11.5. The number of piperazine rings is 1. The van der Waals surface area contributed by atoms with E-state index in [4.69, 9.17) is 21.1 Å². The highest BCUT2D eigenvalue weighted by molar-refractivity contribution is 6.31. The van der Waals surface area contributed by atoms with E-state index in [-0.39, 0.29) is 12.6 Å². The van der Waals surface area contributed by atoms with Gasteiger partial charge in [-0.1, -0.05) is 41.9 Å². The maximum Gasteiger partial charge on any atom is 0.338 e. The molecule has 2 aliphatic heterocycles. The van der Waals surface area contributed by atoms with Crippen LogP contribution in [0.1, 0.15) is 25.5 Å². The van der Waals surface area contributed by atoms with Crippen molar-refractivity contribution >= 4 is 29.3 Å². The Bertz CT molecular complexity index is 1100. The first-order valence-corrected chi connectivity index (χ1v) is 12.3. The van der Waals surface area contributed by atoms with Crippen LogP contribution in [0.5, 0.6) is 5.75 Å². The topological polar surface area (TPSA) is 83.1 Å². The number of hydrogen-bond donors (Lipinski definition) is 2. The van der Waals surface area contributed by atoms with Crippen molar-refractivity contribution in [2.75, 3.05) is 50.8 Å². The molecule has 2 aromatic rings. The SMILES string of the molecule is CCOC(=O)C1=C(CN2CCN(c3ccccc3OCC)CC2)NC(=O)NC1c1ccccc1Cl. The standard InChI is InChI=1S/C26H31ClN4O4/c1-3-34-22-12-8-7-11-21(22)31-15-13-30(14-16-31)17-20-23(25(32)35-4-2)24(29-26(33)28-20)18-9-5-6-10-19(18)27/h5-12,24H,3-4,13-17H2,1-2H3,(H2,28,29,33). The van der Waals surface area contributed by atoms with E-state index in [9.17, 15) is 9.59 Å². The molecule has 4 rings (SSSR count). The van der Waals surface area contributed by atoms with Gasteiger partial charge in [-0.2, -0.15) is 0 Å². The van der Waals surface area contributed by atoms with Crippen LogP contribution >= 0.6 is 11.6 Å². The van der Waals surface area contributed by atoms with E-state index in [1.807, 2.05) is 43.3 Å². The molecule has 1 saturated heterocycles. The monoisotopic (exact) mass is 498 g/mol. The van der Waals surface area contributed by atoms with Crippen molar-refractivity contribution in [2.45, 2.75) is 19.9 Å². The Kier molecular flexibility index (Phi) is 8.15. The van der Waals surface area contributed by atoms with Crippen molar-refractivity contribution in [3.05, 3.63) is 70.4 Å². The highest BCUT2D eigenvalue weighted by atomic mass is 35.5. The molecule has 8 nitrogen and oxygen atoms in total. The number of anilines is 1. The molecule has 0 spiro atoms. The van der Waals surface area contributed by atoms with Crippen LogP contribution in [0.2, 0.25) is 5.02 Å². The van der Waals surface area contributed by atoms with Crippen LogP contribution in [0.15, 0.2) is 59.8 Å². The molecule has 186 valence electrons. The van der Waals surface area contributed by atoms with Crippen molar-refractivity contribution in [1.29, 1.82) is 0 Å². The quantitative estimate of drug-likeness (QED) is 0.540. The summed E-state index contributed by atoms with van der Waals surface area (Å²) in [4.78, 5) is 30.1. The van der Waals surface area contributed by atoms with Gasteiger partial charge in [0.25, 0.3) is 0 Å². The molecule has 1 fully saturated rings. The van der Waals surface area contributed by atoms with E-state index in [0.29, 0.717) is 35.0 Å². The number of nitrogens with zero attached hydrogens (tertiary/aromatic N) is 2. The smallest absolute Gasteiger partial charge is 0.338 e. The zero-order valence-corrected chi connectivity index (χ0v) is 20.8. The van der Waals surface area contributed by atoms with Gasteiger partial charge in [0.15, 0.2) is 0 Å². The highest BCUT2D eigenvalue weighted by Crippen LogP contribution is 2.33. The number of amides is 2. The molecule has 0 radical (unpaired) electrons. The van der Waals surface area contributed by atoms with Crippen molar-refractivity contribution in [3.8, 4) is 5.75 Å². The van der Waals surface area contributed by atoms with E-state index in [1.165, 1.54) is 0 Å². The number of halogens is 1. The van der Waals surface area contributed by atoms with Gasteiger partial charge in [0.2, 0.25) is 0 Å². The summed E-state index contributed by atoms with van der Waals surface area (Å²) in [6.07, 6.45) is 0. The summed E-state index contributed by atoms with van der Waals surface area (Å²) in [6, 6.07) is 14.2. The van der Waals surface area contributed by atoms with Crippen molar-refractivity contribution in [1.82, 2.24) is 15.5 Å². The highest BCUT2D eigenvalue weighted by Gasteiger charge is 2.35. The first-order valence-electron chi connectivity index (χ1n) is 11.9. The van der Waals surface area contributed by atoms with E-state index in [2.05, 4.69) is 26.5 Å². The number of rotatable bonds is 8. The second-order valence-corrected chi connectivity index (χ2v) is 8.74. The number of para-hydroxylation sites is 2. The lowest BCUT2D eigenvalue weighted by molar-refractivity contribution is -0.139. The first-order chi connectivity index (χ1) is 17.0. The molecule has 2 N–H and O–H groups in total. The van der Waals surface area contributed by atoms with Gasteiger partial charge in [0.1, 0.15) is 5.75 Å². The summed E-state index contributed by atoms with van der Waals surface area (Å²) < 4.78 is 11.2. The van der Waals surface area contributed by atoms with Crippen molar-refractivity contribution < 1.29 is 19.1 Å². The number of urea groups is 1. The fourth-order valence-corrected chi connectivity index (χ4v) is 4.75. The number of esters is 1. The largest absolute Gasteiger partial charge is 0.492 e. The Morgan fingerprint density at radius 1 is 1.03 bits per heavy atom. The molecule has 0 aromatic heterocycles. The Hall–Kier alpha value is -3.23. The van der Waals surface area contributed by atoms with Gasteiger partial charge in [0.05, 0.1) is 30.5 Å². The van der Waals surface area contributed by atoms with Gasteiger partial charge in [-0.25, -0.2) is 9.59 Å². The van der Waals surface area contributed by atoms with Crippen LogP contribution in [0.25, 0.3) is 0 Å². The maximum absolute atomic E-state index is 13.0. The molecular formula is C26H31ClN4O4. The Labute approximate surface area is 210 Å². The molecule has 2 aromatic carbocycles. The van der Waals surface area contributed by atoms with Crippen LogP contribution in [0.3, 0.4) is 0 Å². The Morgan fingerprint density at radius 3 is 2.46 bits per heavy atom. The zero-order chi connectivity index (χ0) is 24.8. The number of carbonyl (C=O) groups is 2. The van der Waals surface area contributed by atoms with Crippen LogP contribution in [0, 0.1) is 0 Å². The molecule has 1 unspecified atom stereocenters. The predicted molar refractivity (Wildman–Crippen MR) is 136 cm³/mol. The van der Waals surface area contributed by atoms with Crippen molar-refractivity contribution in [3.63, 3.8) is 0 Å². The van der Waals surface area contributed by atoms with Crippen LogP contribution < -0.4 is 20.3 Å². The van der Waals surface area contributed by atoms with Gasteiger partial charge in [-0.15, -0.1) is 0 Å². The number of hydrogen-bond acceptors (Lipinski definition) is 6. The second-order valence-electron chi connectivity index (χ2n) is 8.33. The molecule has 2 aliphatic rings. The van der Waals surface area contributed by atoms with Gasteiger partial charge < -0.3 is 25.0 Å². The summed E-state index contributed by atoms with van der Waals surface area (Å²) in [5.41, 5.74) is 2.65. The average molecular weight is 499 g/mol. The molecular weight excluding hydrogens is 468 g/mol. The van der Waals surface area contributed by atoms with E-state index >= 15 is 0 Å².